The molecule has 4 nitrogen and oxygen atoms in total. The standard InChI is InChI=1S/C10H21FN2O2/c1-10(2,3)15-9(14)13(4)6-5-8(12)7-11/h8H,5-7,12H2,1-4H3. The molecule has 15 heavy (non-hydrogen) atoms. The SMILES string of the molecule is CN(CCC(N)CF)C(=O)OC(C)(C)C. The van der Waals surface area contributed by atoms with Crippen LogP contribution < -0.4 is 5.73 Å². The van der Waals surface area contributed by atoms with Gasteiger partial charge < -0.3 is 15.4 Å². The Balaban J connectivity index is 3.90. The van der Waals surface area contributed by atoms with Crippen LogP contribution in [0.1, 0.15) is 27.2 Å². The van der Waals surface area contributed by atoms with Crippen molar-refractivity contribution in [2.75, 3.05) is 20.3 Å². The maximum atomic E-state index is 12.0. The summed E-state index contributed by atoms with van der Waals surface area (Å²) in [5.74, 6) is 0. The molecule has 0 bridgehead atoms. The number of alkyl halides is 1. The van der Waals surface area contributed by atoms with Crippen molar-refractivity contribution in [3.8, 4) is 0 Å². The Morgan fingerprint density at radius 3 is 2.47 bits per heavy atom. The lowest BCUT2D eigenvalue weighted by Crippen LogP contribution is -2.37. The van der Waals surface area contributed by atoms with Crippen LogP contribution in [0.3, 0.4) is 0 Å². The van der Waals surface area contributed by atoms with E-state index in [1.807, 2.05) is 0 Å². The van der Waals surface area contributed by atoms with E-state index in [0.29, 0.717) is 13.0 Å². The van der Waals surface area contributed by atoms with E-state index in [1.54, 1.807) is 27.8 Å². The smallest absolute Gasteiger partial charge is 0.410 e. The Bertz CT molecular complexity index is 204. The predicted octanol–water partition coefficient (Wildman–Crippen LogP) is 1.54. The van der Waals surface area contributed by atoms with Crippen LogP contribution in [0.25, 0.3) is 0 Å². The summed E-state index contributed by atoms with van der Waals surface area (Å²) >= 11 is 0. The van der Waals surface area contributed by atoms with Crippen LogP contribution in [0.4, 0.5) is 9.18 Å². The zero-order chi connectivity index (χ0) is 12.1. The number of carbonyl (C=O) groups is 1. The number of hydrogen-bond donors (Lipinski definition) is 1. The Hall–Kier alpha value is -0.840. The van der Waals surface area contributed by atoms with Gasteiger partial charge in [-0.25, -0.2) is 9.18 Å². The van der Waals surface area contributed by atoms with Crippen molar-refractivity contribution in [1.82, 2.24) is 4.90 Å². The molecule has 0 rings (SSSR count). The Kier molecular flexibility index (Phi) is 5.57. The zero-order valence-corrected chi connectivity index (χ0v) is 9.92. The monoisotopic (exact) mass is 220 g/mol. The lowest BCUT2D eigenvalue weighted by atomic mass is 10.2. The van der Waals surface area contributed by atoms with E-state index in [9.17, 15) is 9.18 Å². The molecule has 0 aromatic carbocycles. The average molecular weight is 220 g/mol. The highest BCUT2D eigenvalue weighted by Gasteiger charge is 2.19. The third kappa shape index (κ3) is 7.13. The Morgan fingerprint density at radius 2 is 2.07 bits per heavy atom. The maximum absolute atomic E-state index is 12.0. The second-order valence-electron chi connectivity index (χ2n) is 4.60. The van der Waals surface area contributed by atoms with Gasteiger partial charge in [-0.15, -0.1) is 0 Å². The van der Waals surface area contributed by atoms with E-state index in [2.05, 4.69) is 0 Å². The normalized spacial score (nSPS) is 13.5. The van der Waals surface area contributed by atoms with Gasteiger partial charge in [-0.05, 0) is 27.2 Å². The number of nitrogens with two attached hydrogens (primary N) is 1. The summed E-state index contributed by atoms with van der Waals surface area (Å²) in [5.41, 5.74) is 4.89. The van der Waals surface area contributed by atoms with Crippen LogP contribution in [0.5, 0.6) is 0 Å². The van der Waals surface area contributed by atoms with Crippen molar-refractivity contribution < 1.29 is 13.9 Å². The molecule has 0 aliphatic carbocycles. The number of nitrogens with zero attached hydrogens (tertiary/aromatic N) is 1. The number of hydrogen-bond acceptors (Lipinski definition) is 3. The minimum absolute atomic E-state index is 0.403. The number of carbonyl (C=O) groups excluding carboxylic acids is 1. The molecule has 0 aliphatic rings. The molecule has 0 aromatic rings. The van der Waals surface area contributed by atoms with E-state index in [0.717, 1.165) is 0 Å². The van der Waals surface area contributed by atoms with Gasteiger partial charge in [-0.1, -0.05) is 0 Å². The van der Waals surface area contributed by atoms with E-state index in [4.69, 9.17) is 10.5 Å². The first kappa shape index (κ1) is 14.2. The van der Waals surface area contributed by atoms with Crippen molar-refractivity contribution >= 4 is 6.09 Å². The summed E-state index contributed by atoms with van der Waals surface area (Å²) < 4.78 is 17.2. The van der Waals surface area contributed by atoms with Gasteiger partial charge in [0, 0.05) is 19.6 Å². The highest BCUT2D eigenvalue weighted by atomic mass is 19.1. The molecule has 5 heteroatoms. The molecule has 1 amide bonds. The van der Waals surface area contributed by atoms with Crippen LogP contribution in [-0.2, 0) is 4.74 Å². The molecule has 0 aliphatic heterocycles. The summed E-state index contributed by atoms with van der Waals surface area (Å²) in [5, 5.41) is 0. The molecule has 1 unspecified atom stereocenters. The van der Waals surface area contributed by atoms with Gasteiger partial charge >= 0.3 is 6.09 Å². The van der Waals surface area contributed by atoms with Crippen molar-refractivity contribution in [3.05, 3.63) is 0 Å². The minimum atomic E-state index is -0.567. The van der Waals surface area contributed by atoms with E-state index < -0.39 is 24.4 Å². The van der Waals surface area contributed by atoms with Gasteiger partial charge in [0.25, 0.3) is 0 Å². The first-order valence-corrected chi connectivity index (χ1v) is 5.02. The minimum Gasteiger partial charge on any atom is -0.444 e. The fraction of sp³-hybridized carbons (Fsp3) is 0.900. The van der Waals surface area contributed by atoms with Crippen LogP contribution >= 0.6 is 0 Å². The molecule has 0 aromatic heterocycles. The largest absolute Gasteiger partial charge is 0.444 e. The molecule has 0 fully saturated rings. The number of amides is 1. The quantitative estimate of drug-likeness (QED) is 0.782. The van der Waals surface area contributed by atoms with Crippen LogP contribution in [-0.4, -0.2) is 42.9 Å². The highest BCUT2D eigenvalue weighted by Crippen LogP contribution is 2.09. The van der Waals surface area contributed by atoms with E-state index >= 15 is 0 Å². The van der Waals surface area contributed by atoms with E-state index in [-0.39, 0.29) is 0 Å². The fourth-order valence-corrected chi connectivity index (χ4v) is 0.868. The summed E-state index contributed by atoms with van der Waals surface area (Å²) in [6, 6.07) is -0.505. The van der Waals surface area contributed by atoms with Crippen molar-refractivity contribution in [3.63, 3.8) is 0 Å². The highest BCUT2D eigenvalue weighted by molar-refractivity contribution is 5.67. The second-order valence-corrected chi connectivity index (χ2v) is 4.60. The van der Waals surface area contributed by atoms with Gasteiger partial charge in [0.15, 0.2) is 0 Å². The molecule has 0 saturated carbocycles. The third-order valence-corrected chi connectivity index (χ3v) is 1.74. The van der Waals surface area contributed by atoms with Gasteiger partial charge in [0.05, 0.1) is 0 Å². The fourth-order valence-electron chi connectivity index (χ4n) is 0.868. The van der Waals surface area contributed by atoms with Crippen LogP contribution in [0.15, 0.2) is 0 Å². The molecule has 90 valence electrons. The van der Waals surface area contributed by atoms with Gasteiger partial charge in [-0.3, -0.25) is 0 Å². The topological polar surface area (TPSA) is 55.6 Å². The summed E-state index contributed by atoms with van der Waals surface area (Å²) in [4.78, 5) is 12.8. The van der Waals surface area contributed by atoms with Crippen LogP contribution in [0.2, 0.25) is 0 Å². The third-order valence-electron chi connectivity index (χ3n) is 1.74. The Labute approximate surface area is 90.6 Å². The first-order valence-electron chi connectivity index (χ1n) is 5.02. The second kappa shape index (κ2) is 5.90. The van der Waals surface area contributed by atoms with Crippen molar-refractivity contribution in [2.24, 2.45) is 5.73 Å². The summed E-state index contributed by atoms with van der Waals surface area (Å²) in [6.07, 6.45) is 0.0280. The summed E-state index contributed by atoms with van der Waals surface area (Å²) in [7, 11) is 1.61. The molecule has 0 spiro atoms. The molecule has 0 radical (unpaired) electrons. The molecular weight excluding hydrogens is 199 g/mol. The lowest BCUT2D eigenvalue weighted by Gasteiger charge is -2.25. The van der Waals surface area contributed by atoms with Gasteiger partial charge in [-0.2, -0.15) is 0 Å². The van der Waals surface area contributed by atoms with E-state index in [1.165, 1.54) is 4.90 Å². The van der Waals surface area contributed by atoms with Crippen molar-refractivity contribution in [2.45, 2.75) is 38.8 Å². The first-order chi connectivity index (χ1) is 6.76. The lowest BCUT2D eigenvalue weighted by molar-refractivity contribution is 0.0293. The average Bonchev–Trinajstić information content (AvgIpc) is 2.10. The Morgan fingerprint density at radius 1 is 1.53 bits per heavy atom. The zero-order valence-electron chi connectivity index (χ0n) is 9.92. The molecule has 2 N–H and O–H groups in total. The summed E-state index contributed by atoms with van der Waals surface area (Å²) in [6.45, 7) is 5.23. The number of rotatable bonds is 4. The van der Waals surface area contributed by atoms with Crippen LogP contribution in [0, 0.1) is 0 Å². The molecular formula is C10H21FN2O2. The predicted molar refractivity (Wildman–Crippen MR) is 57.4 cm³/mol. The molecule has 1 atom stereocenters. The van der Waals surface area contributed by atoms with Gasteiger partial charge in [0.2, 0.25) is 0 Å². The van der Waals surface area contributed by atoms with Gasteiger partial charge in [0.1, 0.15) is 12.3 Å². The van der Waals surface area contributed by atoms with Crippen molar-refractivity contribution in [1.29, 1.82) is 0 Å². The molecule has 0 saturated heterocycles. The number of halogens is 1. The maximum Gasteiger partial charge on any atom is 0.410 e. The molecule has 0 heterocycles. The number of ether oxygens (including phenoxy) is 1.